The fraction of sp³-hybridized carbons (Fsp3) is 0.625. The van der Waals surface area contributed by atoms with Crippen molar-refractivity contribution in [2.24, 2.45) is 5.92 Å². The van der Waals surface area contributed by atoms with E-state index in [9.17, 15) is 4.79 Å². The topological polar surface area (TPSA) is 45.7 Å². The molecule has 0 aromatic carbocycles. The number of nitrogens with zero attached hydrogens (tertiary/aromatic N) is 3. The normalized spacial score (nSPS) is 20.2. The Morgan fingerprint density at radius 1 is 1.27 bits per heavy atom. The molecule has 3 heterocycles. The molecule has 0 atom stereocenters. The zero-order chi connectivity index (χ0) is 15.4. The minimum Gasteiger partial charge on any atom is -0.378 e. The Morgan fingerprint density at radius 3 is 2.68 bits per heavy atom. The predicted octanol–water partition coefficient (Wildman–Crippen LogP) is 2.20. The first-order valence-corrected chi connectivity index (χ1v) is 8.33. The van der Waals surface area contributed by atoms with Gasteiger partial charge in [0.2, 0.25) is 5.91 Å². The van der Waals surface area contributed by atoms with E-state index in [-0.39, 0.29) is 5.91 Å². The molecule has 0 bridgehead atoms. The van der Waals surface area contributed by atoms with Crippen molar-refractivity contribution in [3.63, 3.8) is 0 Å². The van der Waals surface area contributed by atoms with E-state index in [4.69, 9.17) is 16.3 Å². The summed E-state index contributed by atoms with van der Waals surface area (Å²) in [6.45, 7) is 4.64. The van der Waals surface area contributed by atoms with Gasteiger partial charge in [0.05, 0.1) is 18.2 Å². The van der Waals surface area contributed by atoms with Crippen molar-refractivity contribution in [3.05, 3.63) is 23.4 Å². The van der Waals surface area contributed by atoms with Gasteiger partial charge in [0.1, 0.15) is 5.82 Å². The summed E-state index contributed by atoms with van der Waals surface area (Å²) in [6, 6.07) is 3.72. The van der Waals surface area contributed by atoms with Crippen LogP contribution in [0.5, 0.6) is 0 Å². The van der Waals surface area contributed by atoms with Crippen LogP contribution in [-0.4, -0.2) is 55.2 Å². The summed E-state index contributed by atoms with van der Waals surface area (Å²) in [5, 5.41) is 0.699. The summed E-state index contributed by atoms with van der Waals surface area (Å²) in [6.07, 6.45) is 4.46. The van der Waals surface area contributed by atoms with Gasteiger partial charge in [-0.05, 0) is 30.9 Å². The van der Waals surface area contributed by atoms with Crippen LogP contribution < -0.4 is 4.90 Å². The van der Waals surface area contributed by atoms with Gasteiger partial charge in [-0.15, -0.1) is 0 Å². The molecule has 1 aromatic rings. The van der Waals surface area contributed by atoms with Crippen molar-refractivity contribution in [3.8, 4) is 0 Å². The van der Waals surface area contributed by atoms with Crippen LogP contribution in [0.1, 0.15) is 19.3 Å². The number of amides is 1. The van der Waals surface area contributed by atoms with Crippen molar-refractivity contribution < 1.29 is 9.53 Å². The van der Waals surface area contributed by atoms with Gasteiger partial charge >= 0.3 is 0 Å². The third kappa shape index (κ3) is 3.70. The number of ether oxygens (including phenoxy) is 1. The van der Waals surface area contributed by atoms with Crippen LogP contribution in [0.3, 0.4) is 0 Å². The van der Waals surface area contributed by atoms with Crippen LogP contribution in [0.4, 0.5) is 5.82 Å². The Bertz CT molecular complexity index is 512. The van der Waals surface area contributed by atoms with Crippen molar-refractivity contribution in [1.29, 1.82) is 0 Å². The summed E-state index contributed by atoms with van der Waals surface area (Å²) >= 11 is 6.20. The van der Waals surface area contributed by atoms with Crippen LogP contribution in [0, 0.1) is 5.92 Å². The maximum absolute atomic E-state index is 12.3. The first kappa shape index (κ1) is 15.6. The van der Waals surface area contributed by atoms with Crippen LogP contribution in [0.25, 0.3) is 0 Å². The highest BCUT2D eigenvalue weighted by Gasteiger charge is 2.25. The fourth-order valence-corrected chi connectivity index (χ4v) is 3.39. The number of anilines is 1. The Kier molecular flexibility index (Phi) is 5.16. The third-order valence-electron chi connectivity index (χ3n) is 4.48. The zero-order valence-electron chi connectivity index (χ0n) is 12.7. The van der Waals surface area contributed by atoms with Crippen molar-refractivity contribution in [1.82, 2.24) is 9.88 Å². The lowest BCUT2D eigenvalue weighted by molar-refractivity contribution is -0.136. The van der Waals surface area contributed by atoms with Crippen LogP contribution in [-0.2, 0) is 9.53 Å². The highest BCUT2D eigenvalue weighted by atomic mass is 35.5. The molecule has 1 amide bonds. The van der Waals surface area contributed by atoms with Gasteiger partial charge in [-0.3, -0.25) is 4.79 Å². The summed E-state index contributed by atoms with van der Waals surface area (Å²) in [4.78, 5) is 20.8. The lowest BCUT2D eigenvalue weighted by Crippen LogP contribution is -2.42. The Balaban J connectivity index is 1.49. The fourth-order valence-electron chi connectivity index (χ4n) is 3.15. The molecule has 5 nitrogen and oxygen atoms in total. The van der Waals surface area contributed by atoms with Crippen LogP contribution >= 0.6 is 11.6 Å². The number of morpholine rings is 1. The van der Waals surface area contributed by atoms with E-state index < -0.39 is 0 Å². The molecule has 0 N–H and O–H groups in total. The average molecular weight is 324 g/mol. The van der Waals surface area contributed by atoms with E-state index in [1.165, 1.54) is 0 Å². The molecule has 6 heteroatoms. The Hall–Kier alpha value is -1.33. The monoisotopic (exact) mass is 323 g/mol. The average Bonchev–Trinajstić information content (AvgIpc) is 2.57. The molecule has 2 aliphatic rings. The van der Waals surface area contributed by atoms with E-state index in [0.717, 1.165) is 44.8 Å². The molecule has 1 aromatic heterocycles. The first-order chi connectivity index (χ1) is 10.7. The summed E-state index contributed by atoms with van der Waals surface area (Å²) in [7, 11) is 0. The first-order valence-electron chi connectivity index (χ1n) is 7.95. The Labute approximate surface area is 136 Å². The number of carbonyl (C=O) groups excluding carboxylic acids is 1. The van der Waals surface area contributed by atoms with Crippen molar-refractivity contribution in [2.75, 3.05) is 44.3 Å². The van der Waals surface area contributed by atoms with E-state index in [1.54, 1.807) is 6.20 Å². The van der Waals surface area contributed by atoms with Crippen LogP contribution in [0.2, 0.25) is 5.02 Å². The number of rotatable bonds is 3. The van der Waals surface area contributed by atoms with Gasteiger partial charge in [0.25, 0.3) is 0 Å². The molecule has 0 spiro atoms. The Morgan fingerprint density at radius 2 is 2.00 bits per heavy atom. The number of aromatic nitrogens is 1. The molecule has 3 rings (SSSR count). The van der Waals surface area contributed by atoms with Gasteiger partial charge in [-0.2, -0.15) is 0 Å². The SMILES string of the molecule is O=C(CC1CCN(c2ncccc2Cl)CC1)N1CCOCC1. The molecule has 0 aliphatic carbocycles. The summed E-state index contributed by atoms with van der Waals surface area (Å²) < 4.78 is 5.29. The smallest absolute Gasteiger partial charge is 0.223 e. The maximum Gasteiger partial charge on any atom is 0.223 e. The molecule has 2 saturated heterocycles. The lowest BCUT2D eigenvalue weighted by atomic mass is 9.93. The molecule has 0 unspecified atom stereocenters. The summed E-state index contributed by atoms with van der Waals surface area (Å²) in [5.41, 5.74) is 0. The molecule has 0 radical (unpaired) electrons. The predicted molar refractivity (Wildman–Crippen MR) is 86.2 cm³/mol. The van der Waals surface area contributed by atoms with Crippen molar-refractivity contribution >= 4 is 23.3 Å². The molecule has 0 saturated carbocycles. The molecule has 120 valence electrons. The van der Waals surface area contributed by atoms with Gasteiger partial charge in [-0.25, -0.2) is 4.98 Å². The summed E-state index contributed by atoms with van der Waals surface area (Å²) in [5.74, 6) is 1.61. The van der Waals surface area contributed by atoms with Crippen LogP contribution in [0.15, 0.2) is 18.3 Å². The number of hydrogen-bond acceptors (Lipinski definition) is 4. The minimum atomic E-state index is 0.276. The zero-order valence-corrected chi connectivity index (χ0v) is 13.5. The van der Waals surface area contributed by atoms with Gasteiger partial charge in [0.15, 0.2) is 0 Å². The number of halogens is 1. The third-order valence-corrected chi connectivity index (χ3v) is 4.78. The molecule has 22 heavy (non-hydrogen) atoms. The van der Waals surface area contributed by atoms with E-state index in [2.05, 4.69) is 9.88 Å². The second-order valence-electron chi connectivity index (χ2n) is 5.94. The maximum atomic E-state index is 12.3. The van der Waals surface area contributed by atoms with Gasteiger partial charge in [-0.1, -0.05) is 11.6 Å². The highest BCUT2D eigenvalue weighted by molar-refractivity contribution is 6.32. The number of pyridine rings is 1. The van der Waals surface area contributed by atoms with Gasteiger partial charge < -0.3 is 14.5 Å². The second kappa shape index (κ2) is 7.29. The molecule has 2 aliphatic heterocycles. The van der Waals surface area contributed by atoms with E-state index >= 15 is 0 Å². The van der Waals surface area contributed by atoms with Gasteiger partial charge in [0, 0.05) is 38.8 Å². The molecular formula is C16H22ClN3O2. The quantitative estimate of drug-likeness (QED) is 0.855. The minimum absolute atomic E-state index is 0.276. The van der Waals surface area contributed by atoms with Crippen molar-refractivity contribution in [2.45, 2.75) is 19.3 Å². The standard InChI is InChI=1S/C16H22ClN3O2/c17-14-2-1-5-18-16(14)20-6-3-13(4-7-20)12-15(21)19-8-10-22-11-9-19/h1-2,5,13H,3-4,6-12H2. The number of piperidine rings is 1. The number of hydrogen-bond donors (Lipinski definition) is 0. The molecule has 2 fully saturated rings. The highest BCUT2D eigenvalue weighted by Crippen LogP contribution is 2.28. The van der Waals surface area contributed by atoms with E-state index in [1.807, 2.05) is 17.0 Å². The second-order valence-corrected chi connectivity index (χ2v) is 6.34. The lowest BCUT2D eigenvalue weighted by Gasteiger charge is -2.34. The van der Waals surface area contributed by atoms with E-state index in [0.29, 0.717) is 30.6 Å². The molecular weight excluding hydrogens is 302 g/mol. The largest absolute Gasteiger partial charge is 0.378 e. The number of carbonyl (C=O) groups is 1.